The van der Waals surface area contributed by atoms with Crippen molar-refractivity contribution in [2.24, 2.45) is 4.99 Å². The first kappa shape index (κ1) is 26.9. The number of nitrogens with zero attached hydrogens (tertiary/aromatic N) is 2. The van der Waals surface area contributed by atoms with Gasteiger partial charge >= 0.3 is 5.97 Å². The number of thiazole rings is 1. The fraction of sp³-hybridized carbons (Fsp3) is 0.321. The number of rotatable bonds is 8. The number of carbonyl (C=O) groups is 1. The Kier molecular flexibility index (Phi) is 8.32. The van der Waals surface area contributed by atoms with E-state index in [0.29, 0.717) is 42.9 Å². The highest BCUT2D eigenvalue weighted by Crippen LogP contribution is 2.31. The lowest BCUT2D eigenvalue weighted by molar-refractivity contribution is -0.140. The van der Waals surface area contributed by atoms with E-state index >= 15 is 0 Å². The number of aromatic nitrogens is 1. The Morgan fingerprint density at radius 1 is 1.16 bits per heavy atom. The zero-order chi connectivity index (χ0) is 26.7. The van der Waals surface area contributed by atoms with E-state index in [1.165, 1.54) is 18.4 Å². The summed E-state index contributed by atoms with van der Waals surface area (Å²) in [5.74, 6) is 0.413. The van der Waals surface area contributed by atoms with Gasteiger partial charge in [-0.3, -0.25) is 9.36 Å². The van der Waals surface area contributed by atoms with Crippen molar-refractivity contribution in [3.63, 3.8) is 0 Å². The molecule has 0 saturated carbocycles. The molecule has 7 nitrogen and oxygen atoms in total. The summed E-state index contributed by atoms with van der Waals surface area (Å²) < 4.78 is 18.0. The van der Waals surface area contributed by atoms with Gasteiger partial charge in [0.25, 0.3) is 5.56 Å². The number of benzene rings is 2. The molecule has 194 valence electrons. The molecule has 37 heavy (non-hydrogen) atoms. The van der Waals surface area contributed by atoms with Crippen LogP contribution in [-0.4, -0.2) is 38.0 Å². The highest BCUT2D eigenvalue weighted by atomic mass is 35.5. The maximum atomic E-state index is 13.8. The van der Waals surface area contributed by atoms with Gasteiger partial charge in [0.05, 0.1) is 35.6 Å². The van der Waals surface area contributed by atoms with Gasteiger partial charge in [0.2, 0.25) is 0 Å². The number of methoxy groups -OCH3 is 2. The second-order valence-corrected chi connectivity index (χ2v) is 10.4. The predicted octanol–water partition coefficient (Wildman–Crippen LogP) is 4.21. The van der Waals surface area contributed by atoms with Crippen molar-refractivity contribution in [3.8, 4) is 5.75 Å². The average Bonchev–Trinajstić information content (AvgIpc) is 3.17. The van der Waals surface area contributed by atoms with E-state index in [1.54, 1.807) is 42.9 Å². The average molecular weight is 541 g/mol. The molecule has 4 rings (SSSR count). The first-order chi connectivity index (χ1) is 17.7. The molecule has 1 aromatic heterocycles. The summed E-state index contributed by atoms with van der Waals surface area (Å²) in [5.41, 5.74) is 3.20. The van der Waals surface area contributed by atoms with Crippen molar-refractivity contribution >= 4 is 35.0 Å². The minimum Gasteiger partial charge on any atom is -0.496 e. The largest absolute Gasteiger partial charge is 0.496 e. The van der Waals surface area contributed by atoms with Gasteiger partial charge in [-0.05, 0) is 48.2 Å². The maximum absolute atomic E-state index is 13.8. The highest BCUT2D eigenvalue weighted by Gasteiger charge is 2.33. The van der Waals surface area contributed by atoms with E-state index in [-0.39, 0.29) is 18.8 Å². The van der Waals surface area contributed by atoms with E-state index in [1.807, 2.05) is 24.3 Å². The lowest BCUT2D eigenvalue weighted by Crippen LogP contribution is -2.40. The molecule has 0 bridgehead atoms. The number of halogens is 1. The highest BCUT2D eigenvalue weighted by molar-refractivity contribution is 7.07. The molecular formula is C28H29ClN2O5S. The molecule has 0 radical (unpaired) electrons. The zero-order valence-electron chi connectivity index (χ0n) is 21.4. The van der Waals surface area contributed by atoms with Gasteiger partial charge in [0.1, 0.15) is 12.4 Å². The Morgan fingerprint density at radius 3 is 2.54 bits per heavy atom. The number of hydrogen-bond donors (Lipinski definition) is 0. The molecule has 0 aliphatic carbocycles. The fourth-order valence-electron chi connectivity index (χ4n) is 4.22. The number of hydrogen-bond acceptors (Lipinski definition) is 7. The third-order valence-corrected chi connectivity index (χ3v) is 7.38. The normalized spacial score (nSPS) is 15.5. The van der Waals surface area contributed by atoms with Crippen LogP contribution in [0.3, 0.4) is 0 Å². The summed E-state index contributed by atoms with van der Waals surface area (Å²) >= 11 is 7.45. The molecule has 1 atom stereocenters. The molecule has 2 aromatic carbocycles. The van der Waals surface area contributed by atoms with Gasteiger partial charge in [-0.1, -0.05) is 61.1 Å². The molecule has 0 amide bonds. The molecule has 0 saturated heterocycles. The Morgan fingerprint density at radius 2 is 1.89 bits per heavy atom. The summed E-state index contributed by atoms with van der Waals surface area (Å²) in [6, 6.07) is 12.5. The summed E-state index contributed by atoms with van der Waals surface area (Å²) in [5, 5.41) is 0.528. The van der Waals surface area contributed by atoms with Crippen molar-refractivity contribution in [2.75, 3.05) is 27.4 Å². The molecule has 3 aromatic rings. The molecule has 9 heteroatoms. The van der Waals surface area contributed by atoms with E-state index in [0.717, 1.165) is 11.1 Å². The van der Waals surface area contributed by atoms with Crippen LogP contribution < -0.4 is 19.6 Å². The lowest BCUT2D eigenvalue weighted by Gasteiger charge is -2.25. The maximum Gasteiger partial charge on any atom is 0.338 e. The molecule has 0 fully saturated rings. The number of carbonyl (C=O) groups excluding carboxylic acids is 1. The second-order valence-electron chi connectivity index (χ2n) is 8.92. The van der Waals surface area contributed by atoms with Crippen LogP contribution in [0.2, 0.25) is 5.02 Å². The minimum absolute atomic E-state index is 0.101. The first-order valence-electron chi connectivity index (χ1n) is 11.9. The molecule has 2 heterocycles. The van der Waals surface area contributed by atoms with Crippen LogP contribution in [0.25, 0.3) is 6.08 Å². The quantitative estimate of drug-likeness (QED) is 0.316. The van der Waals surface area contributed by atoms with Gasteiger partial charge in [0, 0.05) is 17.7 Å². The topological polar surface area (TPSA) is 79.1 Å². The molecule has 1 aliphatic rings. The summed E-state index contributed by atoms with van der Waals surface area (Å²) in [6.07, 6.45) is 1.74. The Labute approximate surface area is 224 Å². The summed E-state index contributed by atoms with van der Waals surface area (Å²) in [7, 11) is 3.10. The summed E-state index contributed by atoms with van der Waals surface area (Å²) in [4.78, 5) is 32.2. The number of fused-ring (bicyclic) bond motifs is 1. The number of esters is 1. The molecular weight excluding hydrogens is 512 g/mol. The monoisotopic (exact) mass is 540 g/mol. The van der Waals surface area contributed by atoms with Crippen molar-refractivity contribution in [1.82, 2.24) is 4.57 Å². The van der Waals surface area contributed by atoms with Crippen LogP contribution in [0.15, 0.2) is 63.5 Å². The van der Waals surface area contributed by atoms with Crippen molar-refractivity contribution in [3.05, 3.63) is 95.1 Å². The van der Waals surface area contributed by atoms with Gasteiger partial charge in [-0.15, -0.1) is 0 Å². The Bertz CT molecular complexity index is 1520. The van der Waals surface area contributed by atoms with Crippen LogP contribution in [0, 0.1) is 0 Å². The van der Waals surface area contributed by atoms with Gasteiger partial charge in [0.15, 0.2) is 4.80 Å². The van der Waals surface area contributed by atoms with Crippen molar-refractivity contribution < 1.29 is 19.0 Å². The molecule has 0 N–H and O–H groups in total. The fourth-order valence-corrected chi connectivity index (χ4v) is 5.43. The number of ether oxygens (including phenoxy) is 3. The van der Waals surface area contributed by atoms with Gasteiger partial charge < -0.3 is 14.2 Å². The smallest absolute Gasteiger partial charge is 0.338 e. The zero-order valence-corrected chi connectivity index (χ0v) is 23.0. The van der Waals surface area contributed by atoms with Crippen molar-refractivity contribution in [1.29, 1.82) is 0 Å². The van der Waals surface area contributed by atoms with Crippen LogP contribution in [-0.2, 0) is 14.3 Å². The van der Waals surface area contributed by atoms with Gasteiger partial charge in [-0.25, -0.2) is 9.79 Å². The lowest BCUT2D eigenvalue weighted by atomic mass is 9.93. The molecule has 1 aliphatic heterocycles. The van der Waals surface area contributed by atoms with Crippen molar-refractivity contribution in [2.45, 2.75) is 32.7 Å². The van der Waals surface area contributed by atoms with Crippen LogP contribution >= 0.6 is 22.9 Å². The Hall–Kier alpha value is -3.20. The molecule has 1 unspecified atom stereocenters. The van der Waals surface area contributed by atoms with Gasteiger partial charge in [-0.2, -0.15) is 0 Å². The van der Waals surface area contributed by atoms with Crippen LogP contribution in [0.1, 0.15) is 49.4 Å². The number of allylic oxidation sites excluding steroid dienone is 1. The standard InChI is InChI=1S/C28H29ClN2O5S/c1-16(2)18-6-8-19(9-7-18)25-24(27(33)36-13-12-34-4)17(3)30-28-31(25)26(32)23(37-28)15-20-14-21(29)10-11-22(20)35-5/h6-11,14-16,25H,12-13H2,1-5H3. The van der Waals surface area contributed by atoms with E-state index < -0.39 is 12.0 Å². The summed E-state index contributed by atoms with van der Waals surface area (Å²) in [6.45, 7) is 6.37. The second kappa shape index (κ2) is 11.5. The Balaban J connectivity index is 1.90. The third kappa shape index (κ3) is 5.56. The SMILES string of the molecule is COCCOC(=O)C1=C(C)N=c2sc(=Cc3cc(Cl)ccc3OC)c(=O)n2C1c1ccc(C(C)C)cc1. The van der Waals surface area contributed by atoms with E-state index in [4.69, 9.17) is 25.8 Å². The van der Waals surface area contributed by atoms with E-state index in [2.05, 4.69) is 18.8 Å². The van der Waals surface area contributed by atoms with Crippen LogP contribution in [0.4, 0.5) is 0 Å². The molecule has 0 spiro atoms. The minimum atomic E-state index is -0.684. The predicted molar refractivity (Wildman–Crippen MR) is 145 cm³/mol. The van der Waals surface area contributed by atoms with Crippen LogP contribution in [0.5, 0.6) is 5.75 Å². The third-order valence-electron chi connectivity index (χ3n) is 6.16. The van der Waals surface area contributed by atoms with E-state index in [9.17, 15) is 9.59 Å². The first-order valence-corrected chi connectivity index (χ1v) is 13.1.